The summed E-state index contributed by atoms with van der Waals surface area (Å²) in [5, 5.41) is 59.2. The number of phosphoric ester groups is 1. The first kappa shape index (κ1) is 38.4. The molecule has 0 bridgehead atoms. The van der Waals surface area contributed by atoms with Crippen molar-refractivity contribution < 1.29 is 77.6 Å². The van der Waals surface area contributed by atoms with Gasteiger partial charge in [-0.1, -0.05) is 0 Å². The normalized spacial score (nSPS) is 31.7. The maximum Gasteiger partial charge on any atom is 0.481 e. The summed E-state index contributed by atoms with van der Waals surface area (Å²) in [6.45, 7) is -0.216. The highest BCUT2D eigenvalue weighted by Crippen LogP contribution is 2.57. The van der Waals surface area contributed by atoms with Crippen LogP contribution in [0.25, 0.3) is 0 Å². The van der Waals surface area contributed by atoms with E-state index in [0.29, 0.717) is 0 Å². The van der Waals surface area contributed by atoms with E-state index < -0.39 is 101 Å². The largest absolute Gasteiger partial charge is 0.481 e. The monoisotopic (exact) mass is 669 g/mol. The van der Waals surface area contributed by atoms with Gasteiger partial charge < -0.3 is 60.1 Å². The Morgan fingerprint density at radius 2 is 1.60 bits per heavy atom. The number of amides is 1. The molecule has 0 spiro atoms. The molecule has 2 aliphatic heterocycles. The van der Waals surface area contributed by atoms with Gasteiger partial charge in [-0.3, -0.25) is 23.7 Å². The summed E-state index contributed by atoms with van der Waals surface area (Å²) >= 11 is 0. The van der Waals surface area contributed by atoms with Crippen LogP contribution < -0.4 is 21.5 Å². The quantitative estimate of drug-likeness (QED) is 0.0697. The van der Waals surface area contributed by atoms with Gasteiger partial charge >= 0.3 is 21.3 Å². The Labute approximate surface area is 238 Å². The Balaban J connectivity index is 0.000000436. The minimum absolute atomic E-state index is 0.462. The third-order valence-electron chi connectivity index (χ3n) is 5.34. The molecular formula is C17H31N6O18P2+. The van der Waals surface area contributed by atoms with E-state index >= 15 is 0 Å². The second-order valence-electron chi connectivity index (χ2n) is 8.47. The van der Waals surface area contributed by atoms with Crippen LogP contribution in [-0.2, 0) is 32.2 Å². The van der Waals surface area contributed by atoms with Crippen LogP contribution in [0.1, 0.15) is 13.2 Å². The van der Waals surface area contributed by atoms with E-state index in [1.54, 1.807) is 0 Å². The van der Waals surface area contributed by atoms with Gasteiger partial charge in [-0.25, -0.2) is 13.9 Å². The van der Waals surface area contributed by atoms with Crippen LogP contribution in [0.15, 0.2) is 21.9 Å². The average Bonchev–Trinajstić information content (AvgIpc) is 3.15. The number of aliphatic hydroxyl groups is 6. The average molecular weight is 669 g/mol. The number of carbonyl (C=O) groups is 1. The predicted molar refractivity (Wildman–Crippen MR) is 131 cm³/mol. The van der Waals surface area contributed by atoms with Gasteiger partial charge in [0.15, 0.2) is 12.5 Å². The van der Waals surface area contributed by atoms with E-state index in [4.69, 9.17) is 40.3 Å². The number of nitrogens with zero attached hydrogens (tertiary/aromatic N) is 2. The molecule has 3 heterocycles. The number of phosphoric acid groups is 2. The minimum atomic E-state index is -5.32. The number of carbonyl (C=O) groups excluding carboxylic acids is 1. The third kappa shape index (κ3) is 11.8. The lowest BCUT2D eigenvalue weighted by Gasteiger charge is -2.40. The first-order chi connectivity index (χ1) is 19.8. The van der Waals surface area contributed by atoms with Crippen LogP contribution >= 0.6 is 15.6 Å². The molecule has 0 radical (unpaired) electrons. The molecule has 0 aliphatic carbocycles. The van der Waals surface area contributed by atoms with E-state index in [9.17, 15) is 49.0 Å². The molecule has 1 aromatic heterocycles. The van der Waals surface area contributed by atoms with Gasteiger partial charge in [-0.05, 0) is 0 Å². The number of aromatic amines is 1. The summed E-state index contributed by atoms with van der Waals surface area (Å²) in [5.74, 6) is -0.462. The van der Waals surface area contributed by atoms with Crippen molar-refractivity contribution in [2.45, 2.75) is 62.1 Å². The van der Waals surface area contributed by atoms with Gasteiger partial charge in [0.25, 0.3) is 5.56 Å². The van der Waals surface area contributed by atoms with Crippen molar-refractivity contribution in [2.24, 2.45) is 0 Å². The molecule has 246 valence electrons. The maximum absolute atomic E-state index is 11.7. The topological polar surface area (TPSA) is 399 Å². The summed E-state index contributed by atoms with van der Waals surface area (Å²) in [5.41, 5.74) is 9.35. The third-order valence-corrected chi connectivity index (χ3v) is 7.50. The van der Waals surface area contributed by atoms with Gasteiger partial charge in [-0.15, -0.1) is 0 Å². The van der Waals surface area contributed by atoms with Gasteiger partial charge in [-0.2, -0.15) is 4.31 Å². The Bertz CT molecular complexity index is 1310. The summed E-state index contributed by atoms with van der Waals surface area (Å²) in [7, 11) is -10.5. The number of hydrogen-bond donors (Lipinski definition) is 13. The Hall–Kier alpha value is -2.60. The second kappa shape index (κ2) is 16.5. The van der Waals surface area contributed by atoms with E-state index in [1.165, 1.54) is 6.92 Å². The number of ether oxygens (including phenoxy) is 2. The number of H-pyrrole nitrogens is 1. The second-order valence-corrected chi connectivity index (χ2v) is 11.3. The molecule has 2 fully saturated rings. The van der Waals surface area contributed by atoms with Gasteiger partial charge in [0.2, 0.25) is 10.8 Å². The minimum Gasteiger partial charge on any atom is -0.394 e. The predicted octanol–water partition coefficient (Wildman–Crippen LogP) is -5.58. The highest BCUT2D eigenvalue weighted by Gasteiger charge is 2.46. The molecule has 2 aliphatic rings. The fraction of sp³-hybridized carbons (Fsp3) is 0.706. The lowest BCUT2D eigenvalue weighted by atomic mass is 9.97. The standard InChI is InChI=1S/C9H14N2O12P2.C8H15NO6.H2N3/c12-5-1-2-11(9(15)10-5)8-7(14)6(13)4(22-8)3-21-25(19,20)23-24(16,17)18;1-3(11)9-5-7(13)6(12)4(2-10)15-8(5)14;1-3-2/h1-2,4,6-8,13-14H,3H2,(H,19,20)(H,10,12,15)(H2,16,17,18);4-8,10,12-14H,2H2,1H3,(H,9,11);1-2H/q;;+1/t4-,6-,7-,8-;4-,5-,6-,7-,8?;/m11./s1. The van der Waals surface area contributed by atoms with Crippen molar-refractivity contribution in [2.75, 3.05) is 13.2 Å². The lowest BCUT2D eigenvalue weighted by molar-refractivity contribution is -0.253. The van der Waals surface area contributed by atoms with Crippen LogP contribution in [0.4, 0.5) is 0 Å². The maximum atomic E-state index is 11.7. The van der Waals surface area contributed by atoms with E-state index in [-0.39, 0.29) is 0 Å². The van der Waals surface area contributed by atoms with Crippen molar-refractivity contribution in [3.63, 3.8) is 0 Å². The van der Waals surface area contributed by atoms with E-state index in [2.05, 4.69) is 14.2 Å². The Morgan fingerprint density at radius 1 is 1.05 bits per heavy atom. The first-order valence-electron chi connectivity index (χ1n) is 11.5. The SMILES string of the molecule is CC(=O)N[C@H]1C(O)O[C@H](CO)[C@@H](O)[C@@H]1O.N=[N+]=N.O=c1ccn([C@@H]2O[C@H](COP(=O)(O)OP(=O)(O)O)[C@@H](O)[C@H]2O)c(=O)[nH]1. The zero-order chi connectivity index (χ0) is 33.3. The Morgan fingerprint density at radius 3 is 2.09 bits per heavy atom. The molecule has 24 nitrogen and oxygen atoms in total. The molecule has 0 saturated carbocycles. The summed E-state index contributed by atoms with van der Waals surface area (Å²) in [6.07, 6.45) is -10.5. The van der Waals surface area contributed by atoms with Crippen molar-refractivity contribution in [3.05, 3.63) is 33.1 Å². The number of nitrogens with one attached hydrogen (secondary N) is 4. The lowest BCUT2D eigenvalue weighted by Crippen LogP contribution is -2.63. The molecule has 43 heavy (non-hydrogen) atoms. The van der Waals surface area contributed by atoms with Crippen LogP contribution in [0.5, 0.6) is 0 Å². The molecular weight excluding hydrogens is 638 g/mol. The number of aromatic nitrogens is 2. The first-order valence-corrected chi connectivity index (χ1v) is 14.5. The molecule has 1 aromatic rings. The fourth-order valence-electron chi connectivity index (χ4n) is 3.54. The van der Waals surface area contributed by atoms with Crippen LogP contribution in [0.3, 0.4) is 0 Å². The molecule has 2 unspecified atom stereocenters. The summed E-state index contributed by atoms with van der Waals surface area (Å²) in [4.78, 5) is 63.4. The van der Waals surface area contributed by atoms with E-state index in [0.717, 1.165) is 16.8 Å². The van der Waals surface area contributed by atoms with Crippen LogP contribution in [0, 0.1) is 11.1 Å². The molecule has 1 amide bonds. The highest BCUT2D eigenvalue weighted by molar-refractivity contribution is 7.60. The smallest absolute Gasteiger partial charge is 0.394 e. The number of hydrogen-bond acceptors (Lipinski definition) is 17. The molecule has 13 N–H and O–H groups in total. The zero-order valence-corrected chi connectivity index (χ0v) is 23.5. The summed E-state index contributed by atoms with van der Waals surface area (Å²) < 4.78 is 40.5. The van der Waals surface area contributed by atoms with Crippen molar-refractivity contribution in [1.29, 1.82) is 11.1 Å². The van der Waals surface area contributed by atoms with Gasteiger partial charge in [0, 0.05) is 19.2 Å². The number of rotatable bonds is 8. The van der Waals surface area contributed by atoms with Crippen molar-refractivity contribution in [1.82, 2.24) is 19.8 Å². The fourth-order valence-corrected chi connectivity index (χ4v) is 5.14. The van der Waals surface area contributed by atoms with Gasteiger partial charge in [0.05, 0.1) is 13.2 Å². The van der Waals surface area contributed by atoms with E-state index in [1.807, 2.05) is 9.90 Å². The van der Waals surface area contributed by atoms with Gasteiger partial charge in [0.1, 0.15) is 53.7 Å². The zero-order valence-electron chi connectivity index (χ0n) is 21.8. The van der Waals surface area contributed by atoms with Crippen molar-refractivity contribution >= 4 is 21.6 Å². The molecule has 26 heteroatoms. The molecule has 3 rings (SSSR count). The van der Waals surface area contributed by atoms with Crippen LogP contribution in [-0.4, -0.2) is 123 Å². The molecule has 10 atom stereocenters. The Kier molecular flexibility index (Phi) is 14.7. The highest BCUT2D eigenvalue weighted by atomic mass is 31.3. The molecule has 0 aromatic carbocycles. The summed E-state index contributed by atoms with van der Waals surface area (Å²) in [6, 6.07) is -0.135. The molecule has 2 saturated heterocycles. The van der Waals surface area contributed by atoms with Crippen molar-refractivity contribution in [3.8, 4) is 0 Å². The number of aliphatic hydroxyl groups excluding tert-OH is 6. The van der Waals surface area contributed by atoms with Crippen LogP contribution in [0.2, 0.25) is 0 Å².